The van der Waals surface area contributed by atoms with Crippen LogP contribution in [-0.4, -0.2) is 63.0 Å². The van der Waals surface area contributed by atoms with Crippen molar-refractivity contribution in [1.82, 2.24) is 25.0 Å². The maximum absolute atomic E-state index is 12.5. The molecule has 26 heavy (non-hydrogen) atoms. The molecule has 0 saturated carbocycles. The number of aromatic nitrogens is 3. The Morgan fingerprint density at radius 3 is 2.54 bits per heavy atom. The molecule has 2 aromatic heterocycles. The molecule has 1 aliphatic heterocycles. The first kappa shape index (κ1) is 18.1. The monoisotopic (exact) mass is 355 g/mol. The van der Waals surface area contributed by atoms with Crippen LogP contribution in [0.3, 0.4) is 0 Å². The Kier molecular flexibility index (Phi) is 6.35. The molecular formula is C19H25N5O2. The Morgan fingerprint density at radius 2 is 1.85 bits per heavy atom. The van der Waals surface area contributed by atoms with E-state index in [0.29, 0.717) is 32.5 Å². The maximum atomic E-state index is 12.5. The van der Waals surface area contributed by atoms with Gasteiger partial charge < -0.3 is 9.80 Å². The molecule has 0 spiro atoms. The van der Waals surface area contributed by atoms with E-state index in [0.717, 1.165) is 36.9 Å². The molecule has 0 aromatic carbocycles. The number of nitrogens with one attached hydrogen (secondary N) is 1. The van der Waals surface area contributed by atoms with Crippen molar-refractivity contribution in [2.75, 3.05) is 26.2 Å². The van der Waals surface area contributed by atoms with Gasteiger partial charge in [-0.05, 0) is 36.5 Å². The van der Waals surface area contributed by atoms with E-state index in [2.05, 4.69) is 15.2 Å². The quantitative estimate of drug-likeness (QED) is 0.850. The van der Waals surface area contributed by atoms with Gasteiger partial charge in [-0.25, -0.2) is 0 Å². The molecule has 2 aromatic rings. The number of rotatable bonds is 6. The Bertz CT molecular complexity index is 702. The Hall–Kier alpha value is -2.70. The number of carbonyl (C=O) groups excluding carboxylic acids is 2. The molecule has 7 heteroatoms. The zero-order valence-corrected chi connectivity index (χ0v) is 14.9. The van der Waals surface area contributed by atoms with Crippen molar-refractivity contribution in [2.24, 2.45) is 0 Å². The standard InChI is InChI=1S/C19H25N5O2/c25-18(6-1-4-17-14-21-22-15-17)23-8-3-9-24(11-10-23)19(26)12-16-5-2-7-20-13-16/h2,5,7,13-15H,1,3-4,6,8-12H2,(H,21,22). The average molecular weight is 355 g/mol. The minimum absolute atomic E-state index is 0.104. The minimum Gasteiger partial charge on any atom is -0.341 e. The zero-order chi connectivity index (χ0) is 18.2. The van der Waals surface area contributed by atoms with Crippen LogP contribution in [0.15, 0.2) is 36.9 Å². The predicted molar refractivity (Wildman–Crippen MR) is 97.2 cm³/mol. The second kappa shape index (κ2) is 9.12. The molecule has 0 atom stereocenters. The lowest BCUT2D eigenvalue weighted by Crippen LogP contribution is -2.37. The van der Waals surface area contributed by atoms with Gasteiger partial charge in [-0.15, -0.1) is 0 Å². The summed E-state index contributed by atoms with van der Waals surface area (Å²) in [4.78, 5) is 32.7. The zero-order valence-electron chi connectivity index (χ0n) is 14.9. The highest BCUT2D eigenvalue weighted by Gasteiger charge is 2.21. The van der Waals surface area contributed by atoms with Crippen LogP contribution in [-0.2, 0) is 22.4 Å². The van der Waals surface area contributed by atoms with E-state index >= 15 is 0 Å². The summed E-state index contributed by atoms with van der Waals surface area (Å²) in [6.45, 7) is 2.65. The van der Waals surface area contributed by atoms with Crippen LogP contribution in [0.2, 0.25) is 0 Å². The maximum Gasteiger partial charge on any atom is 0.227 e. The van der Waals surface area contributed by atoms with Crippen LogP contribution in [0.5, 0.6) is 0 Å². The van der Waals surface area contributed by atoms with Crippen LogP contribution in [0.1, 0.15) is 30.4 Å². The van der Waals surface area contributed by atoms with Crippen LogP contribution < -0.4 is 0 Å². The van der Waals surface area contributed by atoms with E-state index in [-0.39, 0.29) is 11.8 Å². The summed E-state index contributed by atoms with van der Waals surface area (Å²) in [6.07, 6.45) is 10.5. The van der Waals surface area contributed by atoms with Gasteiger partial charge in [0.25, 0.3) is 0 Å². The lowest BCUT2D eigenvalue weighted by atomic mass is 10.1. The molecule has 0 bridgehead atoms. The van der Waals surface area contributed by atoms with Crippen LogP contribution in [0, 0.1) is 0 Å². The Balaban J connectivity index is 1.43. The van der Waals surface area contributed by atoms with Crippen LogP contribution in [0.25, 0.3) is 0 Å². The number of amides is 2. The van der Waals surface area contributed by atoms with E-state index < -0.39 is 0 Å². The van der Waals surface area contributed by atoms with Crippen molar-refractivity contribution < 1.29 is 9.59 Å². The average Bonchev–Trinajstić information content (AvgIpc) is 3.04. The van der Waals surface area contributed by atoms with Crippen LogP contribution in [0.4, 0.5) is 0 Å². The molecule has 3 rings (SSSR count). The SMILES string of the molecule is O=C(CCCc1cn[nH]c1)N1CCCN(C(=O)Cc2cccnc2)CC1. The smallest absolute Gasteiger partial charge is 0.227 e. The summed E-state index contributed by atoms with van der Waals surface area (Å²) in [5, 5.41) is 6.70. The predicted octanol–water partition coefficient (Wildman–Crippen LogP) is 1.43. The molecule has 7 nitrogen and oxygen atoms in total. The molecule has 2 amide bonds. The van der Waals surface area contributed by atoms with Crippen molar-refractivity contribution in [3.63, 3.8) is 0 Å². The molecule has 1 saturated heterocycles. The third kappa shape index (κ3) is 5.15. The fourth-order valence-corrected chi connectivity index (χ4v) is 3.22. The molecule has 3 heterocycles. The third-order valence-electron chi connectivity index (χ3n) is 4.69. The molecule has 1 aliphatic rings. The summed E-state index contributed by atoms with van der Waals surface area (Å²) in [6, 6.07) is 3.76. The lowest BCUT2D eigenvalue weighted by Gasteiger charge is -2.22. The number of hydrogen-bond donors (Lipinski definition) is 1. The van der Waals surface area contributed by atoms with Crippen molar-refractivity contribution in [3.05, 3.63) is 48.0 Å². The van der Waals surface area contributed by atoms with Crippen molar-refractivity contribution in [1.29, 1.82) is 0 Å². The second-order valence-electron chi connectivity index (χ2n) is 6.61. The van der Waals surface area contributed by atoms with Gasteiger partial charge in [0.15, 0.2) is 0 Å². The summed E-state index contributed by atoms with van der Waals surface area (Å²) in [5.74, 6) is 0.280. The third-order valence-corrected chi connectivity index (χ3v) is 4.69. The van der Waals surface area contributed by atoms with Crippen molar-refractivity contribution in [2.45, 2.75) is 32.1 Å². The highest BCUT2D eigenvalue weighted by atomic mass is 16.2. The number of pyridine rings is 1. The van der Waals surface area contributed by atoms with Gasteiger partial charge in [-0.2, -0.15) is 5.10 Å². The highest BCUT2D eigenvalue weighted by molar-refractivity contribution is 5.79. The van der Waals surface area contributed by atoms with Gasteiger partial charge in [0.05, 0.1) is 12.6 Å². The normalized spacial score (nSPS) is 14.9. The van der Waals surface area contributed by atoms with E-state index in [1.165, 1.54) is 0 Å². The summed E-state index contributed by atoms with van der Waals surface area (Å²) < 4.78 is 0. The van der Waals surface area contributed by atoms with E-state index in [1.54, 1.807) is 18.6 Å². The largest absolute Gasteiger partial charge is 0.341 e. The molecule has 1 N–H and O–H groups in total. The van der Waals surface area contributed by atoms with Gasteiger partial charge in [0.1, 0.15) is 0 Å². The fourth-order valence-electron chi connectivity index (χ4n) is 3.22. The summed E-state index contributed by atoms with van der Waals surface area (Å²) >= 11 is 0. The summed E-state index contributed by atoms with van der Waals surface area (Å²) in [7, 11) is 0. The second-order valence-corrected chi connectivity index (χ2v) is 6.61. The number of hydrogen-bond acceptors (Lipinski definition) is 4. The number of carbonyl (C=O) groups is 2. The first-order valence-electron chi connectivity index (χ1n) is 9.14. The van der Waals surface area contributed by atoms with Gasteiger partial charge in [-0.3, -0.25) is 19.7 Å². The Morgan fingerprint density at radius 1 is 1.04 bits per heavy atom. The lowest BCUT2D eigenvalue weighted by molar-refractivity contribution is -0.133. The van der Waals surface area contributed by atoms with Gasteiger partial charge in [0, 0.05) is 51.2 Å². The van der Waals surface area contributed by atoms with E-state index in [4.69, 9.17) is 0 Å². The van der Waals surface area contributed by atoms with Crippen molar-refractivity contribution in [3.8, 4) is 0 Å². The first-order valence-corrected chi connectivity index (χ1v) is 9.14. The van der Waals surface area contributed by atoms with E-state index in [1.807, 2.05) is 28.1 Å². The van der Waals surface area contributed by atoms with Gasteiger partial charge >= 0.3 is 0 Å². The Labute approximate surface area is 153 Å². The number of H-pyrrole nitrogens is 1. The van der Waals surface area contributed by atoms with Crippen LogP contribution >= 0.6 is 0 Å². The van der Waals surface area contributed by atoms with E-state index in [9.17, 15) is 9.59 Å². The molecule has 0 radical (unpaired) electrons. The molecule has 138 valence electrons. The fraction of sp³-hybridized carbons (Fsp3) is 0.474. The molecule has 0 unspecified atom stereocenters. The molecular weight excluding hydrogens is 330 g/mol. The van der Waals surface area contributed by atoms with Crippen molar-refractivity contribution >= 4 is 11.8 Å². The highest BCUT2D eigenvalue weighted by Crippen LogP contribution is 2.10. The molecule has 0 aliphatic carbocycles. The molecule has 1 fully saturated rings. The summed E-state index contributed by atoms with van der Waals surface area (Å²) in [5.41, 5.74) is 2.05. The number of aryl methyl sites for hydroxylation is 1. The minimum atomic E-state index is 0.104. The number of nitrogens with zero attached hydrogens (tertiary/aromatic N) is 4. The van der Waals surface area contributed by atoms with Gasteiger partial charge in [0.2, 0.25) is 11.8 Å². The van der Waals surface area contributed by atoms with Gasteiger partial charge in [-0.1, -0.05) is 6.07 Å². The number of aromatic amines is 1. The first-order chi connectivity index (χ1) is 12.7. The topological polar surface area (TPSA) is 82.2 Å².